The molecule has 7 heteroatoms. The van der Waals surface area contributed by atoms with Crippen molar-refractivity contribution in [1.82, 2.24) is 4.90 Å². The smallest absolute Gasteiger partial charge is 0.251 e. The second-order valence-electron chi connectivity index (χ2n) is 6.86. The summed E-state index contributed by atoms with van der Waals surface area (Å²) in [6.07, 6.45) is 3.99. The quantitative estimate of drug-likeness (QED) is 0.586. The first-order chi connectivity index (χ1) is 14.1. The minimum Gasteiger partial charge on any atom is -0.365 e. The van der Waals surface area contributed by atoms with Gasteiger partial charge in [-0.25, -0.2) is 0 Å². The molecule has 2 aromatic heterocycles. The zero-order valence-corrected chi connectivity index (χ0v) is 17.4. The molecule has 0 unspecified atom stereocenters. The number of carbonyl (C=O) groups excluding carboxylic acids is 2. The molecular formula is C22H21N3O2S2. The summed E-state index contributed by atoms with van der Waals surface area (Å²) in [6.45, 7) is 2.45. The van der Waals surface area contributed by atoms with Gasteiger partial charge in [0.2, 0.25) is 5.91 Å². The van der Waals surface area contributed by atoms with Crippen LogP contribution in [-0.2, 0) is 24.3 Å². The number of hydrogen-bond acceptors (Lipinski definition) is 5. The van der Waals surface area contributed by atoms with Crippen molar-refractivity contribution in [2.45, 2.75) is 19.5 Å². The molecule has 0 fully saturated rings. The normalized spacial score (nSPS) is 14.1. The van der Waals surface area contributed by atoms with Crippen molar-refractivity contribution in [3.05, 3.63) is 80.4 Å². The lowest BCUT2D eigenvalue weighted by atomic mass is 10.0. The first kappa shape index (κ1) is 19.6. The van der Waals surface area contributed by atoms with Crippen LogP contribution in [0.3, 0.4) is 0 Å². The molecule has 5 nitrogen and oxygen atoms in total. The molecule has 3 heterocycles. The Kier molecular flexibility index (Phi) is 5.89. The van der Waals surface area contributed by atoms with Crippen LogP contribution in [0.15, 0.2) is 53.9 Å². The molecule has 148 valence electrons. The Hall–Kier alpha value is -2.74. The molecule has 0 atom stereocenters. The molecular weight excluding hydrogens is 402 g/mol. The lowest BCUT2D eigenvalue weighted by Gasteiger charge is -2.27. The van der Waals surface area contributed by atoms with Gasteiger partial charge in [0.25, 0.3) is 5.91 Å². The van der Waals surface area contributed by atoms with Crippen LogP contribution in [0.2, 0.25) is 0 Å². The van der Waals surface area contributed by atoms with Crippen LogP contribution in [0, 0.1) is 0 Å². The van der Waals surface area contributed by atoms with Gasteiger partial charge in [-0.1, -0.05) is 36.4 Å². The van der Waals surface area contributed by atoms with Crippen LogP contribution >= 0.6 is 22.7 Å². The summed E-state index contributed by atoms with van der Waals surface area (Å²) in [4.78, 5) is 28.9. The molecule has 0 saturated carbocycles. The predicted octanol–water partition coefficient (Wildman–Crippen LogP) is 4.12. The highest BCUT2D eigenvalue weighted by Crippen LogP contribution is 2.37. The summed E-state index contributed by atoms with van der Waals surface area (Å²) < 4.78 is 0. The zero-order chi connectivity index (χ0) is 20.2. The number of hydrogen-bond donors (Lipinski definition) is 2. The van der Waals surface area contributed by atoms with Crippen LogP contribution in [0.1, 0.15) is 31.2 Å². The molecule has 0 radical (unpaired) electrons. The fraction of sp³-hybridized carbons (Fsp3) is 0.182. The van der Waals surface area contributed by atoms with Gasteiger partial charge in [0.1, 0.15) is 5.00 Å². The van der Waals surface area contributed by atoms with E-state index in [9.17, 15) is 9.59 Å². The van der Waals surface area contributed by atoms with Gasteiger partial charge < -0.3 is 11.1 Å². The van der Waals surface area contributed by atoms with Gasteiger partial charge in [-0.2, -0.15) is 0 Å². The summed E-state index contributed by atoms with van der Waals surface area (Å²) in [5.41, 5.74) is 8.35. The van der Waals surface area contributed by atoms with E-state index in [1.54, 1.807) is 17.4 Å². The Morgan fingerprint density at radius 1 is 1.17 bits per heavy atom. The number of nitrogens with one attached hydrogen (secondary N) is 1. The Morgan fingerprint density at radius 2 is 2.00 bits per heavy atom. The van der Waals surface area contributed by atoms with Crippen molar-refractivity contribution in [3.63, 3.8) is 0 Å². The average molecular weight is 424 g/mol. The van der Waals surface area contributed by atoms with Crippen molar-refractivity contribution < 1.29 is 9.59 Å². The van der Waals surface area contributed by atoms with Crippen molar-refractivity contribution in [2.75, 3.05) is 11.9 Å². The van der Waals surface area contributed by atoms with Crippen LogP contribution in [0.4, 0.5) is 5.00 Å². The number of thiophene rings is 2. The lowest BCUT2D eigenvalue weighted by Crippen LogP contribution is -2.30. The Bertz CT molecular complexity index is 1040. The molecule has 1 aromatic carbocycles. The molecule has 0 saturated heterocycles. The van der Waals surface area contributed by atoms with Gasteiger partial charge in [-0.15, -0.1) is 22.7 Å². The second kappa shape index (κ2) is 8.73. The number of anilines is 1. The van der Waals surface area contributed by atoms with Crippen molar-refractivity contribution in [2.24, 2.45) is 5.73 Å². The molecule has 4 rings (SSSR count). The number of benzene rings is 1. The second-order valence-corrected chi connectivity index (χ2v) is 8.94. The lowest BCUT2D eigenvalue weighted by molar-refractivity contribution is -0.111. The molecule has 0 spiro atoms. The molecule has 0 aliphatic carbocycles. The van der Waals surface area contributed by atoms with E-state index in [1.165, 1.54) is 23.0 Å². The minimum atomic E-state index is -0.489. The maximum absolute atomic E-state index is 12.4. The topological polar surface area (TPSA) is 75.4 Å². The number of nitrogens with two attached hydrogens (primary N) is 1. The van der Waals surface area contributed by atoms with E-state index < -0.39 is 5.91 Å². The third-order valence-corrected chi connectivity index (χ3v) is 6.78. The summed E-state index contributed by atoms with van der Waals surface area (Å²) in [5.74, 6) is -0.753. The van der Waals surface area contributed by atoms with Crippen molar-refractivity contribution in [1.29, 1.82) is 0 Å². The molecule has 1 aliphatic rings. The fourth-order valence-electron chi connectivity index (χ4n) is 3.48. The largest absolute Gasteiger partial charge is 0.365 e. The first-order valence-electron chi connectivity index (χ1n) is 9.33. The summed E-state index contributed by atoms with van der Waals surface area (Å²) >= 11 is 3.01. The van der Waals surface area contributed by atoms with Crippen molar-refractivity contribution in [3.8, 4) is 0 Å². The molecule has 3 aromatic rings. The minimum absolute atomic E-state index is 0.263. The van der Waals surface area contributed by atoms with Crippen LogP contribution in [0.25, 0.3) is 6.08 Å². The highest BCUT2D eigenvalue weighted by atomic mass is 32.1. The van der Waals surface area contributed by atoms with Gasteiger partial charge in [-0.05, 0) is 35.1 Å². The van der Waals surface area contributed by atoms with Gasteiger partial charge >= 0.3 is 0 Å². The van der Waals surface area contributed by atoms with Gasteiger partial charge in [0.05, 0.1) is 5.56 Å². The van der Waals surface area contributed by atoms with Gasteiger partial charge in [0, 0.05) is 35.5 Å². The van der Waals surface area contributed by atoms with E-state index in [2.05, 4.69) is 22.3 Å². The summed E-state index contributed by atoms with van der Waals surface area (Å²) in [5, 5.41) is 5.36. The number of amides is 2. The first-order valence-corrected chi connectivity index (χ1v) is 11.0. The fourth-order valence-corrected chi connectivity index (χ4v) is 5.40. The van der Waals surface area contributed by atoms with Crippen LogP contribution in [0.5, 0.6) is 0 Å². The third-order valence-electron chi connectivity index (χ3n) is 4.81. The average Bonchev–Trinajstić information content (AvgIpc) is 3.34. The summed E-state index contributed by atoms with van der Waals surface area (Å²) in [6, 6.07) is 14.2. The van der Waals surface area contributed by atoms with Gasteiger partial charge in [-0.3, -0.25) is 14.5 Å². The number of nitrogens with zero attached hydrogens (tertiary/aromatic N) is 1. The molecule has 0 bridgehead atoms. The molecule has 2 amide bonds. The maximum Gasteiger partial charge on any atom is 0.251 e. The number of primary amides is 1. The van der Waals surface area contributed by atoms with E-state index >= 15 is 0 Å². The summed E-state index contributed by atoms with van der Waals surface area (Å²) in [7, 11) is 0. The Labute approximate surface area is 177 Å². The van der Waals surface area contributed by atoms with E-state index in [0.717, 1.165) is 41.4 Å². The van der Waals surface area contributed by atoms with Crippen LogP contribution < -0.4 is 11.1 Å². The van der Waals surface area contributed by atoms with E-state index in [1.807, 2.05) is 35.7 Å². The third kappa shape index (κ3) is 4.64. The highest BCUT2D eigenvalue weighted by Gasteiger charge is 2.27. The Balaban J connectivity index is 1.51. The van der Waals surface area contributed by atoms with Gasteiger partial charge in [0.15, 0.2) is 0 Å². The molecule has 1 aliphatic heterocycles. The Morgan fingerprint density at radius 3 is 2.72 bits per heavy atom. The van der Waals surface area contributed by atoms with Crippen molar-refractivity contribution >= 4 is 45.6 Å². The molecule has 29 heavy (non-hydrogen) atoms. The van der Waals surface area contributed by atoms with E-state index in [0.29, 0.717) is 10.6 Å². The predicted molar refractivity (Wildman–Crippen MR) is 119 cm³/mol. The number of rotatable bonds is 6. The standard InChI is InChI=1S/C22H21N3O2S2/c23-21(27)20-17-10-11-25(13-15-5-2-1-3-6-15)14-18(17)29-22(20)24-19(26)9-8-16-7-4-12-28-16/h1-9,12H,10-11,13-14H2,(H2,23,27)(H,24,26)/b9-8+. The van der Waals surface area contributed by atoms with E-state index in [-0.39, 0.29) is 5.91 Å². The van der Waals surface area contributed by atoms with Crippen LogP contribution in [-0.4, -0.2) is 23.3 Å². The monoisotopic (exact) mass is 423 g/mol. The SMILES string of the molecule is NC(=O)c1c(NC(=O)/C=C/c2cccs2)sc2c1CCN(Cc1ccccc1)C2. The highest BCUT2D eigenvalue weighted by molar-refractivity contribution is 7.17. The zero-order valence-electron chi connectivity index (χ0n) is 15.8. The van der Waals surface area contributed by atoms with E-state index in [4.69, 9.17) is 5.73 Å². The number of fused-ring (bicyclic) bond motifs is 1. The number of carbonyl (C=O) groups is 2. The molecule has 3 N–H and O–H groups in total. The maximum atomic E-state index is 12.4.